The monoisotopic (exact) mass is 443 g/mol. The van der Waals surface area contributed by atoms with Crippen LogP contribution in [0.15, 0.2) is 34.9 Å². The molecule has 9 heteroatoms. The van der Waals surface area contributed by atoms with Crippen LogP contribution in [0, 0.1) is 13.8 Å². The lowest BCUT2D eigenvalue weighted by atomic mass is 10.1. The molecule has 4 rings (SSSR count). The predicted molar refractivity (Wildman–Crippen MR) is 117 cm³/mol. The van der Waals surface area contributed by atoms with E-state index in [0.29, 0.717) is 38.7 Å². The van der Waals surface area contributed by atoms with Crippen LogP contribution < -0.4 is 14.8 Å². The number of benzene rings is 1. The van der Waals surface area contributed by atoms with Crippen molar-refractivity contribution in [3.63, 3.8) is 0 Å². The van der Waals surface area contributed by atoms with Gasteiger partial charge in [0.25, 0.3) is 5.91 Å². The fourth-order valence-electron chi connectivity index (χ4n) is 3.21. The summed E-state index contributed by atoms with van der Waals surface area (Å²) in [5, 5.41) is 4.10. The van der Waals surface area contributed by atoms with Crippen LogP contribution in [0.25, 0.3) is 21.8 Å². The van der Waals surface area contributed by atoms with Crippen LogP contribution in [0.1, 0.15) is 20.9 Å². The first kappa shape index (κ1) is 20.2. The van der Waals surface area contributed by atoms with Gasteiger partial charge in [-0.2, -0.15) is 0 Å². The Hall–Kier alpha value is -3.10. The number of rotatable bonds is 5. The number of methoxy groups -OCH3 is 2. The zero-order chi connectivity index (χ0) is 21.4. The van der Waals surface area contributed by atoms with Gasteiger partial charge in [-0.05, 0) is 37.6 Å². The molecule has 30 heavy (non-hydrogen) atoms. The number of halogens is 1. The zero-order valence-electron chi connectivity index (χ0n) is 16.7. The van der Waals surface area contributed by atoms with E-state index in [-0.39, 0.29) is 5.91 Å². The molecule has 1 aromatic carbocycles. The van der Waals surface area contributed by atoms with Crippen molar-refractivity contribution in [2.24, 2.45) is 0 Å². The largest absolute Gasteiger partial charge is 0.495 e. The highest BCUT2D eigenvalue weighted by atomic mass is 35.5. The van der Waals surface area contributed by atoms with E-state index in [4.69, 9.17) is 25.5 Å². The molecule has 3 heterocycles. The Balaban J connectivity index is 1.73. The number of aryl methyl sites for hydroxylation is 2. The van der Waals surface area contributed by atoms with Gasteiger partial charge in [0.15, 0.2) is 11.6 Å². The number of hydrogen-bond acceptors (Lipinski definition) is 7. The van der Waals surface area contributed by atoms with E-state index in [1.54, 1.807) is 30.5 Å². The van der Waals surface area contributed by atoms with Gasteiger partial charge in [-0.25, -0.2) is 9.97 Å². The Kier molecular flexibility index (Phi) is 5.36. The van der Waals surface area contributed by atoms with Gasteiger partial charge in [0.1, 0.15) is 16.3 Å². The lowest BCUT2D eigenvalue weighted by Gasteiger charge is -2.13. The molecule has 0 aliphatic rings. The van der Waals surface area contributed by atoms with Gasteiger partial charge >= 0.3 is 0 Å². The van der Waals surface area contributed by atoms with E-state index < -0.39 is 0 Å². The maximum absolute atomic E-state index is 13.1. The van der Waals surface area contributed by atoms with Crippen LogP contribution in [0.5, 0.6) is 11.5 Å². The Labute approximate surface area is 181 Å². The van der Waals surface area contributed by atoms with Crippen molar-refractivity contribution in [3.05, 3.63) is 51.7 Å². The Morgan fingerprint density at radius 3 is 2.60 bits per heavy atom. The number of nitrogens with zero attached hydrogens (tertiary/aromatic N) is 2. The highest BCUT2D eigenvalue weighted by molar-refractivity contribution is 7.20. The second-order valence-corrected chi connectivity index (χ2v) is 7.89. The smallest absolute Gasteiger partial charge is 0.266 e. The molecule has 0 saturated heterocycles. The fourth-order valence-corrected chi connectivity index (χ4v) is 4.58. The number of nitrogens with one attached hydrogen (secondary N) is 1. The molecule has 7 nitrogen and oxygen atoms in total. The van der Waals surface area contributed by atoms with Gasteiger partial charge in [0.2, 0.25) is 0 Å². The molecule has 0 radical (unpaired) electrons. The summed E-state index contributed by atoms with van der Waals surface area (Å²) in [5.74, 6) is 1.69. The van der Waals surface area contributed by atoms with Crippen molar-refractivity contribution in [2.75, 3.05) is 19.5 Å². The van der Waals surface area contributed by atoms with Crippen molar-refractivity contribution in [3.8, 4) is 23.1 Å². The highest BCUT2D eigenvalue weighted by Gasteiger charge is 2.21. The maximum Gasteiger partial charge on any atom is 0.266 e. The summed E-state index contributed by atoms with van der Waals surface area (Å²) in [5.41, 5.74) is 2.04. The van der Waals surface area contributed by atoms with Crippen molar-refractivity contribution >= 4 is 44.7 Å². The summed E-state index contributed by atoms with van der Waals surface area (Å²) in [6.45, 7) is 3.78. The number of thiophene rings is 1. The molecule has 0 saturated carbocycles. The summed E-state index contributed by atoms with van der Waals surface area (Å²) in [6.07, 6.45) is 1.57. The van der Waals surface area contributed by atoms with Crippen LogP contribution in [-0.2, 0) is 0 Å². The molecule has 4 aromatic rings. The van der Waals surface area contributed by atoms with Gasteiger partial charge in [-0.3, -0.25) is 4.79 Å². The number of carbonyl (C=O) groups is 1. The summed E-state index contributed by atoms with van der Waals surface area (Å²) >= 11 is 7.51. The quantitative estimate of drug-likeness (QED) is 0.438. The first-order valence-electron chi connectivity index (χ1n) is 8.97. The first-order chi connectivity index (χ1) is 14.4. The topological polar surface area (TPSA) is 86.5 Å². The summed E-state index contributed by atoms with van der Waals surface area (Å²) in [7, 11) is 3.03. The number of anilines is 1. The van der Waals surface area contributed by atoms with Gasteiger partial charge in [0.05, 0.1) is 41.8 Å². The van der Waals surface area contributed by atoms with Crippen molar-refractivity contribution in [2.45, 2.75) is 13.8 Å². The van der Waals surface area contributed by atoms with Crippen molar-refractivity contribution in [1.29, 1.82) is 0 Å². The molecule has 154 valence electrons. The molecule has 0 aliphatic heterocycles. The van der Waals surface area contributed by atoms with Crippen molar-refractivity contribution < 1.29 is 18.7 Å². The summed E-state index contributed by atoms with van der Waals surface area (Å²) in [6, 6.07) is 6.80. The fraction of sp³-hybridized carbons (Fsp3) is 0.190. The third-order valence-electron chi connectivity index (χ3n) is 4.64. The number of aromatic nitrogens is 2. The second kappa shape index (κ2) is 7.97. The molecule has 1 N–H and O–H groups in total. The number of fused-ring (bicyclic) bond motifs is 1. The molecule has 0 atom stereocenters. The normalized spacial score (nSPS) is 11.0. The standard InChI is InChI=1S/C21H18ClN3O4S/c1-10-17-11(2)23-19(14-6-5-7-29-14)25-21(17)30-18(10)20(26)24-13-8-12(22)15(27-3)9-16(13)28-4/h5-9H,1-4H3,(H,24,26). The highest BCUT2D eigenvalue weighted by Crippen LogP contribution is 2.38. The van der Waals surface area contributed by atoms with Crippen LogP contribution in [0.3, 0.4) is 0 Å². The van der Waals surface area contributed by atoms with Crippen LogP contribution in [0.2, 0.25) is 5.02 Å². The van der Waals surface area contributed by atoms with E-state index in [0.717, 1.165) is 21.5 Å². The van der Waals surface area contributed by atoms with Crippen LogP contribution in [0.4, 0.5) is 5.69 Å². The molecule has 0 fully saturated rings. The molecule has 3 aromatic heterocycles. The SMILES string of the molecule is COc1cc(OC)c(NC(=O)c2sc3nc(-c4ccco4)nc(C)c3c2C)cc1Cl. The van der Waals surface area contributed by atoms with Crippen LogP contribution in [-0.4, -0.2) is 30.1 Å². The van der Waals surface area contributed by atoms with Gasteiger partial charge in [-0.1, -0.05) is 11.6 Å². The Morgan fingerprint density at radius 1 is 1.17 bits per heavy atom. The van der Waals surface area contributed by atoms with Gasteiger partial charge in [-0.15, -0.1) is 11.3 Å². The Morgan fingerprint density at radius 2 is 1.93 bits per heavy atom. The number of carbonyl (C=O) groups excluding carboxylic acids is 1. The van der Waals surface area contributed by atoms with Gasteiger partial charge in [0, 0.05) is 11.5 Å². The summed E-state index contributed by atoms with van der Waals surface area (Å²) in [4.78, 5) is 23.4. The van der Waals surface area contributed by atoms with E-state index in [9.17, 15) is 4.79 Å². The average molecular weight is 444 g/mol. The van der Waals surface area contributed by atoms with Crippen LogP contribution >= 0.6 is 22.9 Å². The maximum atomic E-state index is 13.1. The van der Waals surface area contributed by atoms with E-state index in [2.05, 4.69) is 15.3 Å². The number of furan rings is 1. The second-order valence-electron chi connectivity index (χ2n) is 6.49. The average Bonchev–Trinajstić information content (AvgIpc) is 3.36. The molecule has 0 bridgehead atoms. The number of ether oxygens (including phenoxy) is 2. The molecular formula is C21H18ClN3O4S. The minimum atomic E-state index is -0.283. The lowest BCUT2D eigenvalue weighted by molar-refractivity contribution is 0.102. The predicted octanol–water partition coefficient (Wildman–Crippen LogP) is 5.49. The third-order valence-corrected chi connectivity index (χ3v) is 6.12. The minimum Gasteiger partial charge on any atom is -0.495 e. The van der Waals surface area contributed by atoms with E-state index in [1.807, 2.05) is 13.8 Å². The molecule has 0 aliphatic carbocycles. The van der Waals surface area contributed by atoms with E-state index in [1.165, 1.54) is 25.6 Å². The Bertz CT molecular complexity index is 1250. The molecule has 0 spiro atoms. The number of amides is 1. The lowest BCUT2D eigenvalue weighted by Crippen LogP contribution is -2.12. The molecule has 0 unspecified atom stereocenters. The zero-order valence-corrected chi connectivity index (χ0v) is 18.3. The van der Waals surface area contributed by atoms with E-state index >= 15 is 0 Å². The third kappa shape index (κ3) is 3.48. The minimum absolute atomic E-state index is 0.283. The first-order valence-corrected chi connectivity index (χ1v) is 10.2. The summed E-state index contributed by atoms with van der Waals surface area (Å²) < 4.78 is 16.0. The molecular weight excluding hydrogens is 426 g/mol. The molecule has 1 amide bonds. The van der Waals surface area contributed by atoms with Crippen molar-refractivity contribution in [1.82, 2.24) is 9.97 Å². The number of hydrogen-bond donors (Lipinski definition) is 1. The van der Waals surface area contributed by atoms with Gasteiger partial charge < -0.3 is 19.2 Å².